The number of thioether (sulfide) groups is 1. The number of nitrogen functional groups attached to an aromatic ring is 1. The third-order valence-electron chi connectivity index (χ3n) is 3.60. The highest BCUT2D eigenvalue weighted by atomic mass is 32.2. The number of benzene rings is 1. The van der Waals surface area contributed by atoms with E-state index in [0.29, 0.717) is 28.0 Å². The molecule has 0 amide bonds. The molecule has 146 valence electrons. The van der Waals surface area contributed by atoms with Gasteiger partial charge in [0.2, 0.25) is 5.16 Å². The van der Waals surface area contributed by atoms with Gasteiger partial charge in [0.15, 0.2) is 17.3 Å². The second-order valence-electron chi connectivity index (χ2n) is 5.34. The Morgan fingerprint density at radius 2 is 2.14 bits per heavy atom. The van der Waals surface area contributed by atoms with Crippen molar-refractivity contribution in [2.75, 3.05) is 31.2 Å². The van der Waals surface area contributed by atoms with Crippen molar-refractivity contribution in [1.82, 2.24) is 14.9 Å². The van der Waals surface area contributed by atoms with E-state index in [1.54, 1.807) is 30.3 Å². The summed E-state index contributed by atoms with van der Waals surface area (Å²) in [4.78, 5) is 12.4. The van der Waals surface area contributed by atoms with Gasteiger partial charge in [0.1, 0.15) is 5.76 Å². The molecule has 10 nitrogen and oxygen atoms in total. The van der Waals surface area contributed by atoms with Gasteiger partial charge in [-0.3, -0.25) is 4.79 Å². The van der Waals surface area contributed by atoms with Crippen LogP contribution in [0.2, 0.25) is 0 Å². The van der Waals surface area contributed by atoms with E-state index in [9.17, 15) is 4.79 Å². The van der Waals surface area contributed by atoms with Crippen molar-refractivity contribution in [3.05, 3.63) is 47.9 Å². The van der Waals surface area contributed by atoms with Gasteiger partial charge in [-0.15, -0.1) is 10.2 Å². The Kier molecular flexibility index (Phi) is 6.17. The quantitative estimate of drug-likeness (QED) is 0.181. The summed E-state index contributed by atoms with van der Waals surface area (Å²) in [5, 5.41) is 12.2. The van der Waals surface area contributed by atoms with Crippen LogP contribution >= 0.6 is 11.8 Å². The van der Waals surface area contributed by atoms with Gasteiger partial charge in [-0.25, -0.2) is 10.1 Å². The number of hydrogen-bond donors (Lipinski definition) is 2. The van der Waals surface area contributed by atoms with E-state index in [2.05, 4.69) is 20.7 Å². The summed E-state index contributed by atoms with van der Waals surface area (Å²) in [5.41, 5.74) is 3.16. The van der Waals surface area contributed by atoms with E-state index in [-0.39, 0.29) is 17.5 Å². The molecule has 0 aliphatic carbocycles. The minimum atomic E-state index is -0.112. The maximum atomic E-state index is 12.4. The van der Waals surface area contributed by atoms with Gasteiger partial charge in [-0.05, 0) is 30.3 Å². The van der Waals surface area contributed by atoms with E-state index in [4.69, 9.17) is 19.7 Å². The van der Waals surface area contributed by atoms with Crippen molar-refractivity contribution in [1.29, 1.82) is 0 Å². The molecule has 0 fully saturated rings. The summed E-state index contributed by atoms with van der Waals surface area (Å²) in [6, 6.07) is 8.48. The SMILES string of the molecule is COc1ccc(C(=O)CSc2nnc(N/N=C/c3ccco3)n2N)cc1OC. The molecular weight excluding hydrogens is 384 g/mol. The molecule has 3 rings (SSSR count). The zero-order valence-electron chi connectivity index (χ0n) is 15.2. The van der Waals surface area contributed by atoms with Crippen molar-refractivity contribution in [3.63, 3.8) is 0 Å². The van der Waals surface area contributed by atoms with Crippen molar-refractivity contribution in [3.8, 4) is 11.5 Å². The number of aromatic nitrogens is 3. The summed E-state index contributed by atoms with van der Waals surface area (Å²) in [7, 11) is 3.05. The molecule has 0 saturated heterocycles. The summed E-state index contributed by atoms with van der Waals surface area (Å²) in [6.45, 7) is 0. The minimum Gasteiger partial charge on any atom is -0.493 e. The van der Waals surface area contributed by atoms with Gasteiger partial charge in [0.05, 0.1) is 32.5 Å². The third kappa shape index (κ3) is 4.43. The molecule has 0 radical (unpaired) electrons. The molecular formula is C17H18N6O4S. The van der Waals surface area contributed by atoms with Crippen LogP contribution in [0.5, 0.6) is 11.5 Å². The third-order valence-corrected chi connectivity index (χ3v) is 4.55. The van der Waals surface area contributed by atoms with Gasteiger partial charge >= 0.3 is 0 Å². The molecule has 11 heteroatoms. The highest BCUT2D eigenvalue weighted by Crippen LogP contribution is 2.28. The Hall–Kier alpha value is -3.47. The number of ether oxygens (including phenoxy) is 2. The first kappa shape index (κ1) is 19.3. The van der Waals surface area contributed by atoms with Crippen LogP contribution in [0.3, 0.4) is 0 Å². The summed E-state index contributed by atoms with van der Waals surface area (Å²) < 4.78 is 16.7. The Morgan fingerprint density at radius 1 is 1.32 bits per heavy atom. The number of Topliss-reactive ketones (excluding diaryl/α,β-unsaturated/α-hetero) is 1. The van der Waals surface area contributed by atoms with E-state index in [1.165, 1.54) is 31.4 Å². The van der Waals surface area contributed by atoms with Crippen molar-refractivity contribution < 1.29 is 18.7 Å². The lowest BCUT2D eigenvalue weighted by Crippen LogP contribution is -2.14. The lowest BCUT2D eigenvalue weighted by atomic mass is 10.1. The first-order valence-corrected chi connectivity index (χ1v) is 9.02. The maximum Gasteiger partial charge on any atom is 0.264 e. The normalized spacial score (nSPS) is 10.9. The molecule has 0 atom stereocenters. The molecule has 0 saturated carbocycles. The Balaban J connectivity index is 1.60. The minimum absolute atomic E-state index is 0.112. The Morgan fingerprint density at radius 3 is 2.86 bits per heavy atom. The van der Waals surface area contributed by atoms with Crippen molar-refractivity contribution in [2.24, 2.45) is 5.10 Å². The van der Waals surface area contributed by atoms with Crippen LogP contribution in [0.15, 0.2) is 51.3 Å². The van der Waals surface area contributed by atoms with Crippen LogP contribution in [0, 0.1) is 0 Å². The highest BCUT2D eigenvalue weighted by molar-refractivity contribution is 7.99. The zero-order valence-corrected chi connectivity index (χ0v) is 16.0. The first-order chi connectivity index (χ1) is 13.6. The number of furan rings is 1. The van der Waals surface area contributed by atoms with E-state index in [1.807, 2.05) is 0 Å². The fourth-order valence-electron chi connectivity index (χ4n) is 2.19. The number of hydrazone groups is 1. The maximum absolute atomic E-state index is 12.4. The van der Waals surface area contributed by atoms with Crippen LogP contribution in [-0.2, 0) is 0 Å². The molecule has 0 aliphatic heterocycles. The number of carbonyl (C=O) groups excluding carboxylic acids is 1. The monoisotopic (exact) mass is 402 g/mol. The molecule has 0 spiro atoms. The molecule has 3 N–H and O–H groups in total. The second-order valence-corrected chi connectivity index (χ2v) is 6.29. The van der Waals surface area contributed by atoms with Crippen LogP contribution in [-0.4, -0.2) is 46.8 Å². The van der Waals surface area contributed by atoms with Crippen molar-refractivity contribution >= 4 is 29.7 Å². The van der Waals surface area contributed by atoms with E-state index in [0.717, 1.165) is 11.8 Å². The average Bonchev–Trinajstić information content (AvgIpc) is 3.36. The van der Waals surface area contributed by atoms with Crippen LogP contribution in [0.4, 0.5) is 5.95 Å². The molecule has 2 aromatic heterocycles. The van der Waals surface area contributed by atoms with Gasteiger partial charge < -0.3 is 19.7 Å². The molecule has 2 heterocycles. The predicted octanol–water partition coefficient (Wildman–Crippen LogP) is 2.02. The van der Waals surface area contributed by atoms with Crippen LogP contribution in [0.25, 0.3) is 0 Å². The Labute approximate surface area is 164 Å². The van der Waals surface area contributed by atoms with Crippen LogP contribution in [0.1, 0.15) is 16.1 Å². The number of ketones is 1. The molecule has 0 bridgehead atoms. The lowest BCUT2D eigenvalue weighted by molar-refractivity contribution is 0.102. The number of carbonyl (C=O) groups is 1. The smallest absolute Gasteiger partial charge is 0.264 e. The van der Waals surface area contributed by atoms with Gasteiger partial charge in [0, 0.05) is 5.56 Å². The standard InChI is InChI=1S/C17H18N6O4S/c1-25-14-6-5-11(8-15(14)26-2)13(24)10-28-17-22-21-16(23(17)18)20-19-9-12-4-3-7-27-12/h3-9H,10,18H2,1-2H3,(H,20,21)/b19-9+. The molecule has 1 aromatic carbocycles. The fourth-order valence-corrected chi connectivity index (χ4v) is 2.94. The van der Waals surface area contributed by atoms with E-state index >= 15 is 0 Å². The molecule has 0 unspecified atom stereocenters. The number of nitrogens with one attached hydrogen (secondary N) is 1. The molecule has 28 heavy (non-hydrogen) atoms. The number of methoxy groups -OCH3 is 2. The second kappa shape index (κ2) is 8.95. The number of rotatable bonds is 9. The average molecular weight is 402 g/mol. The lowest BCUT2D eigenvalue weighted by Gasteiger charge is -2.09. The van der Waals surface area contributed by atoms with Gasteiger partial charge in [0.25, 0.3) is 5.95 Å². The predicted molar refractivity (Wildman–Crippen MR) is 105 cm³/mol. The van der Waals surface area contributed by atoms with Crippen molar-refractivity contribution in [2.45, 2.75) is 5.16 Å². The first-order valence-electron chi connectivity index (χ1n) is 8.03. The number of nitrogens with zero attached hydrogens (tertiary/aromatic N) is 4. The van der Waals surface area contributed by atoms with Gasteiger partial charge in [-0.2, -0.15) is 5.10 Å². The zero-order chi connectivity index (χ0) is 19.9. The molecule has 0 aliphatic rings. The fraction of sp³-hybridized carbons (Fsp3) is 0.176. The summed E-state index contributed by atoms with van der Waals surface area (Å²) in [5.74, 6) is 7.79. The number of anilines is 1. The largest absolute Gasteiger partial charge is 0.493 e. The topological polar surface area (TPSA) is 130 Å². The number of nitrogens with two attached hydrogens (primary N) is 1. The van der Waals surface area contributed by atoms with Crippen LogP contribution < -0.4 is 20.7 Å². The molecule has 3 aromatic rings. The summed E-state index contributed by atoms with van der Waals surface area (Å²) >= 11 is 1.16. The van der Waals surface area contributed by atoms with Gasteiger partial charge in [-0.1, -0.05) is 11.8 Å². The number of hydrogen-bond acceptors (Lipinski definition) is 10. The highest BCUT2D eigenvalue weighted by Gasteiger charge is 2.15. The Bertz CT molecular complexity index is 970. The van der Waals surface area contributed by atoms with E-state index < -0.39 is 0 Å². The summed E-state index contributed by atoms with van der Waals surface area (Å²) in [6.07, 6.45) is 3.01.